The van der Waals surface area contributed by atoms with Crippen molar-refractivity contribution >= 4 is 23.8 Å². The SMILES string of the molecule is CNCCCC[C@H](NC(=O)OC(C)(C)C)C(=O)N1CCSC1. The third-order valence-corrected chi connectivity index (χ3v) is 4.19. The molecule has 1 aliphatic rings. The molecule has 0 bridgehead atoms. The van der Waals surface area contributed by atoms with Crippen molar-refractivity contribution in [2.45, 2.75) is 51.7 Å². The maximum atomic E-state index is 12.5. The highest BCUT2D eigenvalue weighted by molar-refractivity contribution is 7.99. The number of amides is 2. The van der Waals surface area contributed by atoms with Crippen LogP contribution in [-0.4, -0.2) is 60.3 Å². The Morgan fingerprint density at radius 3 is 2.59 bits per heavy atom. The van der Waals surface area contributed by atoms with Gasteiger partial charge in [0.05, 0.1) is 5.88 Å². The van der Waals surface area contributed by atoms with Crippen molar-refractivity contribution in [3.05, 3.63) is 0 Å². The Hall–Kier alpha value is -0.950. The first kappa shape index (κ1) is 19.1. The van der Waals surface area contributed by atoms with Crippen molar-refractivity contribution in [2.75, 3.05) is 31.8 Å². The minimum absolute atomic E-state index is 0.000293. The standard InChI is InChI=1S/C15H29N3O3S/c1-15(2,3)21-14(20)17-12(7-5-6-8-16-4)13(19)18-9-10-22-11-18/h12,16H,5-11H2,1-4H3,(H,17,20)/t12-/m0/s1. The van der Waals surface area contributed by atoms with Gasteiger partial charge in [0.1, 0.15) is 11.6 Å². The van der Waals surface area contributed by atoms with Gasteiger partial charge in [-0.2, -0.15) is 0 Å². The Labute approximate surface area is 137 Å². The summed E-state index contributed by atoms with van der Waals surface area (Å²) in [7, 11) is 1.91. The first-order valence-corrected chi connectivity index (χ1v) is 8.99. The molecular formula is C15H29N3O3S. The first-order valence-electron chi connectivity index (χ1n) is 7.84. The Kier molecular flexibility index (Phi) is 8.03. The molecular weight excluding hydrogens is 302 g/mol. The molecule has 0 aromatic heterocycles. The molecule has 1 aliphatic heterocycles. The monoisotopic (exact) mass is 331 g/mol. The molecule has 1 saturated heterocycles. The fourth-order valence-electron chi connectivity index (χ4n) is 2.17. The predicted molar refractivity (Wildman–Crippen MR) is 90.0 cm³/mol. The van der Waals surface area contributed by atoms with E-state index in [1.165, 1.54) is 0 Å². The summed E-state index contributed by atoms with van der Waals surface area (Å²) in [4.78, 5) is 26.3. The van der Waals surface area contributed by atoms with Crippen LogP contribution in [0.25, 0.3) is 0 Å². The van der Waals surface area contributed by atoms with Gasteiger partial charge in [-0.05, 0) is 53.6 Å². The molecule has 1 fully saturated rings. The van der Waals surface area contributed by atoms with Gasteiger partial charge in [0.2, 0.25) is 5.91 Å². The molecule has 1 rings (SSSR count). The molecule has 2 amide bonds. The molecule has 0 saturated carbocycles. The Bertz CT molecular complexity index is 366. The second-order valence-corrected chi connectivity index (χ2v) is 7.51. The number of unbranched alkanes of at least 4 members (excludes halogenated alkanes) is 1. The van der Waals surface area contributed by atoms with Gasteiger partial charge in [-0.25, -0.2) is 4.79 Å². The van der Waals surface area contributed by atoms with E-state index in [2.05, 4.69) is 10.6 Å². The number of hydrogen-bond acceptors (Lipinski definition) is 5. The normalized spacial score (nSPS) is 16.5. The summed E-state index contributed by atoms with van der Waals surface area (Å²) >= 11 is 1.74. The molecule has 0 radical (unpaired) electrons. The van der Waals surface area contributed by atoms with Gasteiger partial charge in [-0.15, -0.1) is 11.8 Å². The lowest BCUT2D eigenvalue weighted by molar-refractivity contribution is -0.132. The van der Waals surface area contributed by atoms with Crippen LogP contribution in [0.5, 0.6) is 0 Å². The van der Waals surface area contributed by atoms with Gasteiger partial charge in [0.15, 0.2) is 0 Å². The van der Waals surface area contributed by atoms with E-state index < -0.39 is 17.7 Å². The zero-order chi connectivity index (χ0) is 16.6. The van der Waals surface area contributed by atoms with E-state index in [-0.39, 0.29) is 5.91 Å². The molecule has 0 aliphatic carbocycles. The smallest absolute Gasteiger partial charge is 0.408 e. The van der Waals surface area contributed by atoms with E-state index in [0.717, 1.165) is 31.7 Å². The number of rotatable bonds is 7. The summed E-state index contributed by atoms with van der Waals surface area (Å²) in [6.07, 6.45) is 1.98. The van der Waals surface area contributed by atoms with Crippen molar-refractivity contribution in [3.8, 4) is 0 Å². The Morgan fingerprint density at radius 2 is 2.05 bits per heavy atom. The lowest BCUT2D eigenvalue weighted by Gasteiger charge is -2.26. The zero-order valence-electron chi connectivity index (χ0n) is 14.1. The van der Waals surface area contributed by atoms with Crippen molar-refractivity contribution in [1.82, 2.24) is 15.5 Å². The molecule has 7 heteroatoms. The summed E-state index contributed by atoms with van der Waals surface area (Å²) in [6, 6.07) is -0.495. The molecule has 1 heterocycles. The van der Waals surface area contributed by atoms with Crippen LogP contribution in [-0.2, 0) is 9.53 Å². The summed E-state index contributed by atoms with van der Waals surface area (Å²) in [6.45, 7) is 7.10. The molecule has 22 heavy (non-hydrogen) atoms. The van der Waals surface area contributed by atoms with Crippen LogP contribution in [0.2, 0.25) is 0 Å². The van der Waals surface area contributed by atoms with Crippen LogP contribution in [0.4, 0.5) is 4.79 Å². The van der Waals surface area contributed by atoms with Crippen LogP contribution in [0.1, 0.15) is 40.0 Å². The molecule has 6 nitrogen and oxygen atoms in total. The van der Waals surface area contributed by atoms with E-state index >= 15 is 0 Å². The van der Waals surface area contributed by atoms with Gasteiger partial charge in [-0.3, -0.25) is 4.79 Å². The summed E-state index contributed by atoms with van der Waals surface area (Å²) in [5.74, 6) is 1.67. The second kappa shape index (κ2) is 9.25. The molecule has 0 spiro atoms. The van der Waals surface area contributed by atoms with Crippen molar-refractivity contribution < 1.29 is 14.3 Å². The Morgan fingerprint density at radius 1 is 1.32 bits per heavy atom. The molecule has 0 aromatic rings. The summed E-state index contributed by atoms with van der Waals surface area (Å²) in [5.41, 5.74) is -0.562. The third kappa shape index (κ3) is 7.35. The maximum Gasteiger partial charge on any atom is 0.408 e. The van der Waals surface area contributed by atoms with E-state index in [0.29, 0.717) is 12.3 Å². The molecule has 1 atom stereocenters. The number of nitrogens with one attached hydrogen (secondary N) is 2. The number of carbonyl (C=O) groups excluding carboxylic acids is 2. The number of alkyl carbamates (subject to hydrolysis) is 1. The van der Waals surface area contributed by atoms with Crippen LogP contribution < -0.4 is 10.6 Å². The lowest BCUT2D eigenvalue weighted by Crippen LogP contribution is -2.49. The van der Waals surface area contributed by atoms with Crippen LogP contribution >= 0.6 is 11.8 Å². The molecule has 2 N–H and O–H groups in total. The number of ether oxygens (including phenoxy) is 1. The Balaban J connectivity index is 2.56. The quantitative estimate of drug-likeness (QED) is 0.696. The molecule has 128 valence electrons. The van der Waals surface area contributed by atoms with Crippen molar-refractivity contribution in [2.24, 2.45) is 0 Å². The van der Waals surface area contributed by atoms with Gasteiger partial charge in [0, 0.05) is 12.3 Å². The van der Waals surface area contributed by atoms with Crippen molar-refractivity contribution in [1.29, 1.82) is 0 Å². The largest absolute Gasteiger partial charge is 0.444 e. The maximum absolute atomic E-state index is 12.5. The van der Waals surface area contributed by atoms with Crippen LogP contribution in [0.15, 0.2) is 0 Å². The highest BCUT2D eigenvalue weighted by Gasteiger charge is 2.29. The van der Waals surface area contributed by atoms with Crippen LogP contribution in [0, 0.1) is 0 Å². The van der Waals surface area contributed by atoms with E-state index in [9.17, 15) is 9.59 Å². The predicted octanol–water partition coefficient (Wildman–Crippen LogP) is 1.80. The first-order chi connectivity index (χ1) is 10.3. The summed E-state index contributed by atoms with van der Waals surface area (Å²) in [5, 5.41) is 5.83. The fraction of sp³-hybridized carbons (Fsp3) is 0.867. The average Bonchev–Trinajstić information content (AvgIpc) is 2.93. The highest BCUT2D eigenvalue weighted by Crippen LogP contribution is 2.16. The topological polar surface area (TPSA) is 70.7 Å². The molecule has 0 aromatic carbocycles. The third-order valence-electron chi connectivity index (χ3n) is 3.22. The van der Waals surface area contributed by atoms with Gasteiger partial charge in [-0.1, -0.05) is 0 Å². The zero-order valence-corrected chi connectivity index (χ0v) is 14.9. The molecule has 0 unspecified atom stereocenters. The highest BCUT2D eigenvalue weighted by atomic mass is 32.2. The summed E-state index contributed by atoms with van der Waals surface area (Å²) < 4.78 is 5.27. The minimum atomic E-state index is -0.562. The number of thioether (sulfide) groups is 1. The lowest BCUT2D eigenvalue weighted by atomic mass is 10.1. The number of hydrogen-bond donors (Lipinski definition) is 2. The van der Waals surface area contributed by atoms with E-state index in [1.807, 2.05) is 32.7 Å². The van der Waals surface area contributed by atoms with Gasteiger partial charge in [0.25, 0.3) is 0 Å². The van der Waals surface area contributed by atoms with Gasteiger partial charge < -0.3 is 20.3 Å². The average molecular weight is 331 g/mol. The van der Waals surface area contributed by atoms with Crippen LogP contribution in [0.3, 0.4) is 0 Å². The van der Waals surface area contributed by atoms with E-state index in [4.69, 9.17) is 4.74 Å². The van der Waals surface area contributed by atoms with Gasteiger partial charge >= 0.3 is 6.09 Å². The minimum Gasteiger partial charge on any atom is -0.444 e. The van der Waals surface area contributed by atoms with Crippen molar-refractivity contribution in [3.63, 3.8) is 0 Å². The second-order valence-electron chi connectivity index (χ2n) is 6.44. The van der Waals surface area contributed by atoms with E-state index in [1.54, 1.807) is 11.8 Å². The fourth-order valence-corrected chi connectivity index (χ4v) is 3.12. The number of carbonyl (C=O) groups is 2. The number of nitrogens with zero attached hydrogens (tertiary/aromatic N) is 1.